The SMILES string of the molecule is CC(C)C(C(=O)N(C)C(C)Cc1cccs1)C(N)=NO. The Labute approximate surface area is 124 Å². The maximum absolute atomic E-state index is 12.5. The van der Waals surface area contributed by atoms with E-state index in [9.17, 15) is 4.79 Å². The lowest BCUT2D eigenvalue weighted by Gasteiger charge is -2.30. The molecular weight excluding hydrogens is 274 g/mol. The van der Waals surface area contributed by atoms with Crippen LogP contribution in [0.4, 0.5) is 0 Å². The van der Waals surface area contributed by atoms with E-state index in [0.717, 1.165) is 6.42 Å². The summed E-state index contributed by atoms with van der Waals surface area (Å²) in [4.78, 5) is 15.4. The van der Waals surface area contributed by atoms with Gasteiger partial charge in [0.05, 0.1) is 0 Å². The van der Waals surface area contributed by atoms with Gasteiger partial charge in [0.2, 0.25) is 5.91 Å². The number of likely N-dealkylation sites (N-methyl/N-ethyl adjacent to an activating group) is 1. The number of oxime groups is 1. The minimum Gasteiger partial charge on any atom is -0.409 e. The molecule has 112 valence electrons. The molecule has 0 spiro atoms. The fraction of sp³-hybridized carbons (Fsp3) is 0.571. The molecule has 1 aromatic rings. The summed E-state index contributed by atoms with van der Waals surface area (Å²) in [5.41, 5.74) is 5.65. The van der Waals surface area contributed by atoms with Crippen LogP contribution < -0.4 is 5.73 Å². The van der Waals surface area contributed by atoms with Crippen LogP contribution in [0.25, 0.3) is 0 Å². The minimum absolute atomic E-state index is 0.0187. The molecule has 3 N–H and O–H groups in total. The molecule has 20 heavy (non-hydrogen) atoms. The topological polar surface area (TPSA) is 78.9 Å². The van der Waals surface area contributed by atoms with Gasteiger partial charge in [-0.05, 0) is 24.3 Å². The summed E-state index contributed by atoms with van der Waals surface area (Å²) in [5.74, 6) is -0.745. The number of nitrogens with two attached hydrogens (primary N) is 1. The van der Waals surface area contributed by atoms with Crippen LogP contribution in [0.2, 0.25) is 0 Å². The van der Waals surface area contributed by atoms with Gasteiger partial charge >= 0.3 is 0 Å². The van der Waals surface area contributed by atoms with Crippen LogP contribution >= 0.6 is 11.3 Å². The Morgan fingerprint density at radius 1 is 1.50 bits per heavy atom. The number of thiophene rings is 1. The second kappa shape index (κ2) is 7.28. The summed E-state index contributed by atoms with van der Waals surface area (Å²) >= 11 is 1.68. The van der Waals surface area contributed by atoms with E-state index >= 15 is 0 Å². The van der Waals surface area contributed by atoms with Crippen molar-refractivity contribution in [2.24, 2.45) is 22.7 Å². The molecule has 0 aliphatic rings. The number of hydrogen-bond acceptors (Lipinski definition) is 4. The van der Waals surface area contributed by atoms with Crippen molar-refractivity contribution in [3.8, 4) is 0 Å². The van der Waals surface area contributed by atoms with Crippen molar-refractivity contribution < 1.29 is 10.0 Å². The number of hydrogen-bond donors (Lipinski definition) is 2. The van der Waals surface area contributed by atoms with Crippen LogP contribution in [-0.4, -0.2) is 34.9 Å². The van der Waals surface area contributed by atoms with E-state index in [2.05, 4.69) is 11.2 Å². The molecule has 6 heteroatoms. The smallest absolute Gasteiger partial charge is 0.233 e. The molecule has 0 aliphatic heterocycles. The standard InChI is InChI=1S/C14H23N3O2S/c1-9(2)12(13(15)16-19)14(18)17(4)10(3)8-11-6-5-7-20-11/h5-7,9-10,12,19H,8H2,1-4H3,(H2,15,16). The van der Waals surface area contributed by atoms with Gasteiger partial charge in [0.15, 0.2) is 5.84 Å². The summed E-state index contributed by atoms with van der Waals surface area (Å²) < 4.78 is 0. The van der Waals surface area contributed by atoms with Gasteiger partial charge in [-0.1, -0.05) is 25.1 Å². The molecule has 0 bridgehead atoms. The van der Waals surface area contributed by atoms with Crippen molar-refractivity contribution in [2.45, 2.75) is 33.2 Å². The molecule has 0 saturated heterocycles. The first kappa shape index (κ1) is 16.5. The Hall–Kier alpha value is -1.56. The normalized spacial score (nSPS) is 15.2. The van der Waals surface area contributed by atoms with Crippen molar-refractivity contribution in [2.75, 3.05) is 7.05 Å². The van der Waals surface area contributed by atoms with Gasteiger partial charge in [-0.3, -0.25) is 4.79 Å². The van der Waals surface area contributed by atoms with E-state index in [1.165, 1.54) is 4.88 Å². The first-order valence-electron chi connectivity index (χ1n) is 6.65. The second-order valence-corrected chi connectivity index (χ2v) is 6.36. The van der Waals surface area contributed by atoms with Gasteiger partial charge in [-0.2, -0.15) is 0 Å². The Kier molecular flexibility index (Phi) is 6.01. The van der Waals surface area contributed by atoms with Crippen molar-refractivity contribution >= 4 is 23.1 Å². The Morgan fingerprint density at radius 2 is 2.15 bits per heavy atom. The van der Waals surface area contributed by atoms with Gasteiger partial charge in [0.1, 0.15) is 5.92 Å². The first-order valence-corrected chi connectivity index (χ1v) is 7.52. The van der Waals surface area contributed by atoms with E-state index in [1.54, 1.807) is 23.3 Å². The monoisotopic (exact) mass is 297 g/mol. The molecular formula is C14H23N3O2S. The lowest BCUT2D eigenvalue weighted by atomic mass is 9.92. The Bertz CT molecular complexity index is 457. The molecule has 2 unspecified atom stereocenters. The number of rotatable bonds is 6. The molecule has 1 amide bonds. The molecule has 1 rings (SSSR count). The minimum atomic E-state index is -0.587. The predicted molar refractivity (Wildman–Crippen MR) is 82.0 cm³/mol. The number of amides is 1. The number of carbonyl (C=O) groups is 1. The maximum Gasteiger partial charge on any atom is 0.233 e. The van der Waals surface area contributed by atoms with E-state index in [0.29, 0.717) is 0 Å². The average Bonchev–Trinajstić information content (AvgIpc) is 2.89. The van der Waals surface area contributed by atoms with Crippen molar-refractivity contribution in [3.05, 3.63) is 22.4 Å². The largest absolute Gasteiger partial charge is 0.409 e. The highest BCUT2D eigenvalue weighted by Gasteiger charge is 2.31. The van der Waals surface area contributed by atoms with Gasteiger partial charge in [0.25, 0.3) is 0 Å². The van der Waals surface area contributed by atoms with Gasteiger partial charge in [-0.25, -0.2) is 0 Å². The zero-order valence-electron chi connectivity index (χ0n) is 12.4. The third-order valence-corrected chi connectivity index (χ3v) is 4.35. The van der Waals surface area contributed by atoms with E-state index in [-0.39, 0.29) is 23.7 Å². The highest BCUT2D eigenvalue weighted by Crippen LogP contribution is 2.18. The summed E-state index contributed by atoms with van der Waals surface area (Å²) in [5, 5.41) is 13.8. The van der Waals surface area contributed by atoms with Gasteiger partial charge in [-0.15, -0.1) is 11.3 Å². The van der Waals surface area contributed by atoms with Crippen LogP contribution in [0.3, 0.4) is 0 Å². The van der Waals surface area contributed by atoms with Crippen molar-refractivity contribution in [3.63, 3.8) is 0 Å². The summed E-state index contributed by atoms with van der Waals surface area (Å²) in [6.45, 7) is 5.78. The number of carbonyl (C=O) groups excluding carboxylic acids is 1. The number of nitrogens with zero attached hydrogens (tertiary/aromatic N) is 2. The van der Waals surface area contributed by atoms with E-state index in [4.69, 9.17) is 10.9 Å². The van der Waals surface area contributed by atoms with E-state index in [1.807, 2.05) is 32.2 Å². The lowest BCUT2D eigenvalue weighted by Crippen LogP contribution is -2.46. The molecule has 1 aromatic heterocycles. The van der Waals surface area contributed by atoms with Crippen molar-refractivity contribution in [1.29, 1.82) is 0 Å². The molecule has 2 atom stereocenters. The molecule has 1 heterocycles. The quantitative estimate of drug-likeness (QED) is 0.365. The van der Waals surface area contributed by atoms with Crippen LogP contribution in [0, 0.1) is 11.8 Å². The third-order valence-electron chi connectivity index (χ3n) is 3.45. The van der Waals surface area contributed by atoms with Gasteiger partial charge in [0, 0.05) is 24.4 Å². The highest BCUT2D eigenvalue weighted by atomic mass is 32.1. The first-order chi connectivity index (χ1) is 9.38. The zero-order chi connectivity index (χ0) is 15.3. The summed E-state index contributed by atoms with van der Waals surface area (Å²) in [6, 6.07) is 4.12. The molecule has 0 fully saturated rings. The maximum atomic E-state index is 12.5. The number of amidine groups is 1. The lowest BCUT2D eigenvalue weighted by molar-refractivity contribution is -0.135. The second-order valence-electron chi connectivity index (χ2n) is 5.33. The van der Waals surface area contributed by atoms with Crippen LogP contribution in [0.15, 0.2) is 22.7 Å². The predicted octanol–water partition coefficient (Wildman–Crippen LogP) is 2.16. The van der Waals surface area contributed by atoms with Crippen molar-refractivity contribution in [1.82, 2.24) is 4.90 Å². The van der Waals surface area contributed by atoms with Crippen LogP contribution in [-0.2, 0) is 11.2 Å². The van der Waals surface area contributed by atoms with Crippen LogP contribution in [0.1, 0.15) is 25.6 Å². The highest BCUT2D eigenvalue weighted by molar-refractivity contribution is 7.09. The average molecular weight is 297 g/mol. The summed E-state index contributed by atoms with van der Waals surface area (Å²) in [7, 11) is 1.76. The van der Waals surface area contributed by atoms with Crippen LogP contribution in [0.5, 0.6) is 0 Å². The molecule has 0 radical (unpaired) electrons. The Morgan fingerprint density at radius 3 is 2.60 bits per heavy atom. The fourth-order valence-electron chi connectivity index (χ4n) is 2.11. The molecule has 0 aliphatic carbocycles. The van der Waals surface area contributed by atoms with E-state index < -0.39 is 5.92 Å². The summed E-state index contributed by atoms with van der Waals surface area (Å²) in [6.07, 6.45) is 0.806. The zero-order valence-corrected chi connectivity index (χ0v) is 13.2. The van der Waals surface area contributed by atoms with Gasteiger partial charge < -0.3 is 15.8 Å². The Balaban J connectivity index is 2.78. The fourth-order valence-corrected chi connectivity index (χ4v) is 2.94. The molecule has 0 aromatic carbocycles. The molecule has 0 saturated carbocycles. The molecule has 5 nitrogen and oxygen atoms in total. The third kappa shape index (κ3) is 3.96.